The maximum Gasteiger partial charge on any atom is 0.0316 e. The van der Waals surface area contributed by atoms with Gasteiger partial charge in [-0.05, 0) is 55.8 Å². The first-order valence-corrected chi connectivity index (χ1v) is 7.42. The van der Waals surface area contributed by atoms with Crippen LogP contribution in [0.15, 0.2) is 78.9 Å². The number of aryl methyl sites for hydroxylation is 2. The van der Waals surface area contributed by atoms with Crippen molar-refractivity contribution in [3.8, 4) is 0 Å². The Morgan fingerprint density at radius 3 is 1.35 bits per heavy atom. The molecule has 0 heterocycles. The predicted octanol–water partition coefficient (Wildman–Crippen LogP) is 4.42. The van der Waals surface area contributed by atoms with Crippen LogP contribution >= 0.6 is 0 Å². The first kappa shape index (κ1) is 18.1. The zero-order chi connectivity index (χ0) is 17.1. The second kappa shape index (κ2) is 9.90. The first-order chi connectivity index (χ1) is 11.0. The van der Waals surface area contributed by atoms with Crippen LogP contribution in [0, 0.1) is 13.8 Å². The smallest absolute Gasteiger partial charge is 0.0316 e. The number of rotatable bonds is 0. The highest BCUT2D eigenvalue weighted by molar-refractivity contribution is 5.40. The van der Waals surface area contributed by atoms with E-state index >= 15 is 0 Å². The molecule has 0 unspecified atom stereocenters. The van der Waals surface area contributed by atoms with Crippen molar-refractivity contribution in [2.45, 2.75) is 13.8 Å². The number of benzene rings is 3. The molecule has 3 aromatic carbocycles. The number of anilines is 3. The summed E-state index contributed by atoms with van der Waals surface area (Å²) in [7, 11) is 0. The lowest BCUT2D eigenvalue weighted by molar-refractivity contribution is 1.47. The lowest BCUT2D eigenvalue weighted by atomic mass is 10.2. The predicted molar refractivity (Wildman–Crippen MR) is 102 cm³/mol. The minimum absolute atomic E-state index is 0.822. The fraction of sp³-hybridized carbons (Fsp3) is 0.100. The van der Waals surface area contributed by atoms with Crippen molar-refractivity contribution in [1.29, 1.82) is 0 Å². The Morgan fingerprint density at radius 2 is 1.00 bits per heavy atom. The van der Waals surface area contributed by atoms with Gasteiger partial charge in [-0.2, -0.15) is 0 Å². The Balaban J connectivity index is 0.000000173. The number of hydrogen-bond acceptors (Lipinski definition) is 3. The summed E-state index contributed by atoms with van der Waals surface area (Å²) in [4.78, 5) is 0. The molecule has 0 radical (unpaired) electrons. The highest BCUT2D eigenvalue weighted by Gasteiger charge is 1.81. The second-order valence-corrected chi connectivity index (χ2v) is 5.24. The molecule has 23 heavy (non-hydrogen) atoms. The van der Waals surface area contributed by atoms with Crippen molar-refractivity contribution in [3.05, 3.63) is 90.0 Å². The summed E-state index contributed by atoms with van der Waals surface area (Å²) < 4.78 is 0. The molecule has 0 aliphatic rings. The van der Waals surface area contributed by atoms with E-state index in [1.165, 1.54) is 11.1 Å². The van der Waals surface area contributed by atoms with Crippen LogP contribution in [0.3, 0.4) is 0 Å². The van der Waals surface area contributed by atoms with Crippen LogP contribution in [0.2, 0.25) is 0 Å². The summed E-state index contributed by atoms with van der Waals surface area (Å²) in [5.41, 5.74) is 21.2. The van der Waals surface area contributed by atoms with Crippen LogP contribution in [0.5, 0.6) is 0 Å². The van der Waals surface area contributed by atoms with Crippen molar-refractivity contribution in [2.75, 3.05) is 17.2 Å². The van der Waals surface area contributed by atoms with E-state index in [-0.39, 0.29) is 0 Å². The molecule has 3 rings (SSSR count). The first-order valence-electron chi connectivity index (χ1n) is 7.42. The van der Waals surface area contributed by atoms with Gasteiger partial charge in [-0.1, -0.05) is 48.0 Å². The Labute approximate surface area is 138 Å². The second-order valence-electron chi connectivity index (χ2n) is 5.24. The molecule has 120 valence electrons. The third-order valence-corrected chi connectivity index (χ3v) is 2.92. The molecule has 6 N–H and O–H groups in total. The maximum absolute atomic E-state index is 5.46. The maximum atomic E-state index is 5.46. The van der Waals surface area contributed by atoms with Crippen molar-refractivity contribution < 1.29 is 0 Å². The molecule has 0 saturated heterocycles. The van der Waals surface area contributed by atoms with E-state index in [0.29, 0.717) is 0 Å². The molecule has 0 bridgehead atoms. The molecule has 0 aromatic heterocycles. The molecule has 3 nitrogen and oxygen atoms in total. The van der Waals surface area contributed by atoms with E-state index in [1.54, 1.807) is 0 Å². The zero-order valence-electron chi connectivity index (χ0n) is 13.7. The number of para-hydroxylation sites is 1. The van der Waals surface area contributed by atoms with Crippen LogP contribution in [-0.4, -0.2) is 0 Å². The van der Waals surface area contributed by atoms with Gasteiger partial charge in [0.1, 0.15) is 0 Å². The van der Waals surface area contributed by atoms with Gasteiger partial charge in [-0.15, -0.1) is 0 Å². The van der Waals surface area contributed by atoms with E-state index in [2.05, 4.69) is 0 Å². The minimum Gasteiger partial charge on any atom is -0.399 e. The quantitative estimate of drug-likeness (QED) is 0.538. The normalized spacial score (nSPS) is 8.96. The summed E-state index contributed by atoms with van der Waals surface area (Å²) in [6.07, 6.45) is 0. The molecule has 0 saturated carbocycles. The highest BCUT2D eigenvalue weighted by Crippen LogP contribution is 2.03. The third-order valence-electron chi connectivity index (χ3n) is 2.92. The van der Waals surface area contributed by atoms with Gasteiger partial charge in [0, 0.05) is 17.1 Å². The average Bonchev–Trinajstić information content (AvgIpc) is 2.52. The van der Waals surface area contributed by atoms with Crippen LogP contribution in [0.1, 0.15) is 11.1 Å². The van der Waals surface area contributed by atoms with Gasteiger partial charge in [0.05, 0.1) is 0 Å². The van der Waals surface area contributed by atoms with Crippen LogP contribution in [0.4, 0.5) is 17.1 Å². The standard InChI is InChI=1S/2C7H9N.C6H7N/c1-6-2-4-7(8)5-3-6;1-6-3-2-4-7(8)5-6;7-6-4-2-1-3-5-6/h2*2-5H,8H2,1H3;1-5H,7H2. The number of nitrogens with two attached hydrogens (primary N) is 3. The topological polar surface area (TPSA) is 78.1 Å². The van der Waals surface area contributed by atoms with Gasteiger partial charge in [0.15, 0.2) is 0 Å². The summed E-state index contributed by atoms with van der Waals surface area (Å²) in [5.74, 6) is 0. The monoisotopic (exact) mass is 307 g/mol. The van der Waals surface area contributed by atoms with Crippen LogP contribution < -0.4 is 17.2 Å². The fourth-order valence-corrected chi connectivity index (χ4v) is 1.69. The number of hydrogen-bond donors (Lipinski definition) is 3. The molecule has 0 spiro atoms. The molecular formula is C20H25N3. The van der Waals surface area contributed by atoms with E-state index < -0.39 is 0 Å². The Kier molecular flexibility index (Phi) is 7.79. The fourth-order valence-electron chi connectivity index (χ4n) is 1.69. The van der Waals surface area contributed by atoms with Crippen LogP contribution in [0.25, 0.3) is 0 Å². The summed E-state index contributed by atoms with van der Waals surface area (Å²) in [5, 5.41) is 0. The van der Waals surface area contributed by atoms with Crippen LogP contribution in [-0.2, 0) is 0 Å². The van der Waals surface area contributed by atoms with Crippen molar-refractivity contribution in [2.24, 2.45) is 0 Å². The minimum atomic E-state index is 0.822. The highest BCUT2D eigenvalue weighted by atomic mass is 14.5. The van der Waals surface area contributed by atoms with Gasteiger partial charge in [0.2, 0.25) is 0 Å². The molecule has 3 heteroatoms. The lowest BCUT2D eigenvalue weighted by Gasteiger charge is -1.91. The van der Waals surface area contributed by atoms with Gasteiger partial charge in [-0.3, -0.25) is 0 Å². The zero-order valence-corrected chi connectivity index (χ0v) is 13.7. The summed E-state index contributed by atoms with van der Waals surface area (Å²) in [6, 6.07) is 25.1. The Morgan fingerprint density at radius 1 is 0.478 bits per heavy atom. The average molecular weight is 307 g/mol. The lowest BCUT2D eigenvalue weighted by Crippen LogP contribution is -1.82. The molecular weight excluding hydrogens is 282 g/mol. The molecule has 0 fully saturated rings. The summed E-state index contributed by atoms with van der Waals surface area (Å²) in [6.45, 7) is 4.07. The largest absolute Gasteiger partial charge is 0.399 e. The molecule has 0 aliphatic heterocycles. The van der Waals surface area contributed by atoms with Crippen molar-refractivity contribution >= 4 is 17.1 Å². The van der Waals surface area contributed by atoms with Gasteiger partial charge >= 0.3 is 0 Å². The Hall–Kier alpha value is -2.94. The van der Waals surface area contributed by atoms with E-state index in [1.807, 2.05) is 92.7 Å². The van der Waals surface area contributed by atoms with E-state index in [9.17, 15) is 0 Å². The third kappa shape index (κ3) is 8.83. The summed E-state index contributed by atoms with van der Waals surface area (Å²) >= 11 is 0. The molecule has 3 aromatic rings. The van der Waals surface area contributed by atoms with E-state index in [0.717, 1.165) is 17.1 Å². The Bertz CT molecular complexity index is 639. The van der Waals surface area contributed by atoms with Crippen molar-refractivity contribution in [3.63, 3.8) is 0 Å². The van der Waals surface area contributed by atoms with Gasteiger partial charge in [-0.25, -0.2) is 0 Å². The molecule has 0 amide bonds. The van der Waals surface area contributed by atoms with Crippen molar-refractivity contribution in [1.82, 2.24) is 0 Å². The SMILES string of the molecule is Cc1ccc(N)cc1.Cc1cccc(N)c1.Nc1ccccc1. The molecule has 0 aliphatic carbocycles. The van der Waals surface area contributed by atoms with Gasteiger partial charge < -0.3 is 17.2 Å². The number of nitrogen functional groups attached to an aromatic ring is 3. The van der Waals surface area contributed by atoms with Gasteiger partial charge in [0.25, 0.3) is 0 Å². The van der Waals surface area contributed by atoms with E-state index in [4.69, 9.17) is 17.2 Å². The molecule has 0 atom stereocenters.